The zero-order valence-electron chi connectivity index (χ0n) is 3.62. The summed E-state index contributed by atoms with van der Waals surface area (Å²) in [5, 5.41) is 0. The molecule has 0 fully saturated rings. The minimum atomic E-state index is 0. The summed E-state index contributed by atoms with van der Waals surface area (Å²) in [6.45, 7) is 0. The SMILES string of the molecule is Br.O.O.O.O.O.[SnH2]. The standard InChI is InChI=1S/BrH.5H2O.Sn.2H/h1H;5*1H2;;;. The van der Waals surface area contributed by atoms with Crippen molar-refractivity contribution in [2.75, 3.05) is 0 Å². The van der Waals surface area contributed by atoms with Gasteiger partial charge in [0.1, 0.15) is 0 Å². The second-order valence-electron chi connectivity index (χ2n) is 0. The van der Waals surface area contributed by atoms with Crippen LogP contribution < -0.4 is 0 Å². The molecule has 0 bridgehead atoms. The predicted octanol–water partition coefficient (Wildman–Crippen LogP) is -4.46. The molecule has 0 aliphatic rings. The van der Waals surface area contributed by atoms with Gasteiger partial charge in [-0.25, -0.2) is 0 Å². The van der Waals surface area contributed by atoms with Crippen molar-refractivity contribution in [2.24, 2.45) is 0 Å². The zero-order valence-corrected chi connectivity index (χ0v) is 9.36. The molecule has 0 spiro atoms. The van der Waals surface area contributed by atoms with Gasteiger partial charge in [-0.15, -0.1) is 17.0 Å². The number of rotatable bonds is 0. The molecule has 0 saturated carbocycles. The first-order valence-electron chi connectivity index (χ1n) is 0. The quantitative estimate of drug-likeness (QED) is 0.394. The van der Waals surface area contributed by atoms with Gasteiger partial charge in [0.25, 0.3) is 0 Å². The molecule has 10 N–H and O–H groups in total. The van der Waals surface area contributed by atoms with Crippen molar-refractivity contribution in [3.05, 3.63) is 0 Å². The van der Waals surface area contributed by atoms with Crippen molar-refractivity contribution in [1.82, 2.24) is 0 Å². The fraction of sp³-hybridized carbons (Fsp3) is 0. The van der Waals surface area contributed by atoms with Gasteiger partial charge in [0, 0.05) is 0 Å². The molecule has 7 heteroatoms. The van der Waals surface area contributed by atoms with E-state index in [1.807, 2.05) is 0 Å². The summed E-state index contributed by atoms with van der Waals surface area (Å²) in [5.41, 5.74) is 0. The van der Waals surface area contributed by atoms with Gasteiger partial charge in [-0.2, -0.15) is 0 Å². The Bertz CT molecular complexity index is 8.04. The Morgan fingerprint density at radius 3 is 0.429 bits per heavy atom. The Kier molecular flexibility index (Phi) is 11200. The minimum absolute atomic E-state index is 0. The van der Waals surface area contributed by atoms with E-state index in [1.165, 1.54) is 0 Å². The third kappa shape index (κ3) is 157. The average Bonchev–Trinajstić information content (AvgIpc) is 0. The molecule has 7 heavy (non-hydrogen) atoms. The van der Waals surface area contributed by atoms with E-state index in [1.54, 1.807) is 0 Å². The molecule has 0 heterocycles. The molecular formula is H13BrO5Sn. The topological polar surface area (TPSA) is 158 Å². The molecule has 0 rings (SSSR count). The molecule has 0 atom stereocenters. The molecule has 5 nitrogen and oxygen atoms in total. The summed E-state index contributed by atoms with van der Waals surface area (Å²) >= 11 is 0. The van der Waals surface area contributed by atoms with Crippen LogP contribution in [0.5, 0.6) is 0 Å². The third-order valence-electron chi connectivity index (χ3n) is 0. The van der Waals surface area contributed by atoms with E-state index in [9.17, 15) is 0 Å². The third-order valence-corrected chi connectivity index (χ3v) is 0. The van der Waals surface area contributed by atoms with Gasteiger partial charge in [0.05, 0.1) is 0 Å². The molecule has 0 aromatic heterocycles. The Morgan fingerprint density at radius 1 is 0.429 bits per heavy atom. The summed E-state index contributed by atoms with van der Waals surface area (Å²) in [7, 11) is 0. The maximum atomic E-state index is 0. The zero-order chi connectivity index (χ0) is 0. The van der Waals surface area contributed by atoms with Crippen LogP contribution in [0.1, 0.15) is 0 Å². The molecule has 0 aromatic rings. The normalized spacial score (nSPS) is 0. The van der Waals surface area contributed by atoms with Crippen LogP contribution in [-0.2, 0) is 0 Å². The first-order valence-corrected chi connectivity index (χ1v) is 0. The predicted molar refractivity (Wildman–Crippen MR) is 36.9 cm³/mol. The van der Waals surface area contributed by atoms with Crippen LogP contribution in [-0.4, -0.2) is 51.3 Å². The average molecular weight is 292 g/mol. The van der Waals surface area contributed by atoms with Crippen molar-refractivity contribution in [1.29, 1.82) is 0 Å². The Labute approximate surface area is 68.4 Å². The van der Waals surface area contributed by atoms with Gasteiger partial charge in [-0.1, -0.05) is 0 Å². The monoisotopic (exact) mass is 292 g/mol. The Balaban J connectivity index is 0. The Hall–Kier alpha value is 1.08. The molecular weight excluding hydrogens is 279 g/mol. The van der Waals surface area contributed by atoms with Crippen LogP contribution in [0.2, 0.25) is 0 Å². The van der Waals surface area contributed by atoms with Gasteiger partial charge in [-0.3, -0.25) is 0 Å². The van der Waals surface area contributed by atoms with E-state index in [2.05, 4.69) is 0 Å². The summed E-state index contributed by atoms with van der Waals surface area (Å²) in [6.07, 6.45) is 0. The summed E-state index contributed by atoms with van der Waals surface area (Å²) < 4.78 is 0. The van der Waals surface area contributed by atoms with Crippen molar-refractivity contribution in [3.63, 3.8) is 0 Å². The molecule has 54 valence electrons. The number of hydrogen-bond donors (Lipinski definition) is 0. The molecule has 0 aromatic carbocycles. The van der Waals surface area contributed by atoms with E-state index in [4.69, 9.17) is 0 Å². The molecule has 0 unspecified atom stereocenters. The second-order valence-corrected chi connectivity index (χ2v) is 0. The summed E-state index contributed by atoms with van der Waals surface area (Å²) in [6, 6.07) is 0. The van der Waals surface area contributed by atoms with E-state index < -0.39 is 0 Å². The number of hydrogen-bond acceptors (Lipinski definition) is 0. The van der Waals surface area contributed by atoms with Crippen molar-refractivity contribution in [3.8, 4) is 0 Å². The van der Waals surface area contributed by atoms with Crippen LogP contribution in [0.25, 0.3) is 0 Å². The van der Waals surface area contributed by atoms with Gasteiger partial charge in [0.2, 0.25) is 0 Å². The van der Waals surface area contributed by atoms with Crippen molar-refractivity contribution < 1.29 is 27.4 Å². The van der Waals surface area contributed by atoms with E-state index in [0.29, 0.717) is 0 Å². The van der Waals surface area contributed by atoms with Crippen LogP contribution in [0.4, 0.5) is 0 Å². The van der Waals surface area contributed by atoms with E-state index in [-0.39, 0.29) is 68.3 Å². The van der Waals surface area contributed by atoms with Crippen LogP contribution >= 0.6 is 17.0 Å². The van der Waals surface area contributed by atoms with Gasteiger partial charge in [-0.05, 0) is 0 Å². The van der Waals surface area contributed by atoms with Crippen molar-refractivity contribution in [2.45, 2.75) is 0 Å². The summed E-state index contributed by atoms with van der Waals surface area (Å²) in [4.78, 5) is 0. The maximum absolute atomic E-state index is 0. The van der Waals surface area contributed by atoms with Gasteiger partial charge >= 0.3 is 23.9 Å². The molecule has 0 amide bonds. The van der Waals surface area contributed by atoms with Gasteiger partial charge < -0.3 is 27.4 Å². The molecule has 2 radical (unpaired) electrons. The van der Waals surface area contributed by atoms with Gasteiger partial charge in [0.15, 0.2) is 0 Å². The van der Waals surface area contributed by atoms with Crippen LogP contribution in [0, 0.1) is 0 Å². The molecule has 0 aliphatic carbocycles. The van der Waals surface area contributed by atoms with E-state index >= 15 is 0 Å². The first-order chi connectivity index (χ1) is 0. The van der Waals surface area contributed by atoms with Crippen LogP contribution in [0.15, 0.2) is 0 Å². The summed E-state index contributed by atoms with van der Waals surface area (Å²) in [5.74, 6) is 0. The fourth-order valence-electron chi connectivity index (χ4n) is 0. The first kappa shape index (κ1) is 348. The van der Waals surface area contributed by atoms with E-state index in [0.717, 1.165) is 0 Å². The Morgan fingerprint density at radius 2 is 0.429 bits per heavy atom. The fourth-order valence-corrected chi connectivity index (χ4v) is 0. The molecule has 0 saturated heterocycles. The second kappa shape index (κ2) is 225. The van der Waals surface area contributed by atoms with Crippen LogP contribution in [0.3, 0.4) is 0 Å². The molecule has 0 aliphatic heterocycles. The number of halogens is 1. The van der Waals surface area contributed by atoms with Crippen molar-refractivity contribution >= 4 is 40.9 Å².